The van der Waals surface area contributed by atoms with Crippen LogP contribution in [0.1, 0.15) is 45.0 Å². The number of fused-ring (bicyclic) bond motifs is 1. The van der Waals surface area contributed by atoms with Crippen LogP contribution < -0.4 is 10.3 Å². The summed E-state index contributed by atoms with van der Waals surface area (Å²) < 4.78 is 8.67. The van der Waals surface area contributed by atoms with E-state index in [4.69, 9.17) is 16.3 Å². The molecule has 8 heteroatoms. The molecule has 30 heavy (non-hydrogen) atoms. The van der Waals surface area contributed by atoms with Crippen molar-refractivity contribution in [3.05, 3.63) is 66.0 Å². The highest BCUT2D eigenvalue weighted by molar-refractivity contribution is 9.10. The normalized spacial score (nSPS) is 11.7. The van der Waals surface area contributed by atoms with E-state index in [2.05, 4.69) is 48.9 Å². The van der Waals surface area contributed by atoms with Gasteiger partial charge in [0.1, 0.15) is 5.82 Å². The number of nitrogens with zero attached hydrogens (tertiary/aromatic N) is 3. The van der Waals surface area contributed by atoms with Gasteiger partial charge in [0.25, 0.3) is 5.56 Å². The lowest BCUT2D eigenvalue weighted by molar-refractivity contribution is 0.241. The number of ether oxygens (including phenoxy) is 1. The zero-order valence-electron chi connectivity index (χ0n) is 17.0. The third-order valence-electron chi connectivity index (χ3n) is 4.33. The fourth-order valence-corrected chi connectivity index (χ4v) is 4.26. The number of unbranched alkanes of at least 4 members (excludes halogenated alkanes) is 1. The molecule has 158 valence electrons. The van der Waals surface area contributed by atoms with Gasteiger partial charge in [0.15, 0.2) is 5.75 Å². The Hall–Kier alpha value is -1.70. The Morgan fingerprint density at radius 1 is 1.27 bits per heavy atom. The third kappa shape index (κ3) is 5.31. The molecular formula is C22H22Br2ClN3O2. The van der Waals surface area contributed by atoms with Crippen molar-refractivity contribution in [3.8, 4) is 5.75 Å². The lowest BCUT2D eigenvalue weighted by Crippen LogP contribution is -2.22. The van der Waals surface area contributed by atoms with Gasteiger partial charge in [-0.25, -0.2) is 4.98 Å². The summed E-state index contributed by atoms with van der Waals surface area (Å²) in [6.45, 7) is 5.98. The lowest BCUT2D eigenvalue weighted by Gasteiger charge is -2.13. The maximum absolute atomic E-state index is 13.1. The maximum atomic E-state index is 13.1. The van der Waals surface area contributed by atoms with Crippen molar-refractivity contribution in [1.82, 2.24) is 9.66 Å². The predicted octanol–water partition coefficient (Wildman–Crippen LogP) is 6.59. The largest absolute Gasteiger partial charge is 0.488 e. The molecule has 3 aromatic rings. The van der Waals surface area contributed by atoms with Crippen LogP contribution in [0.25, 0.3) is 10.9 Å². The zero-order valence-corrected chi connectivity index (χ0v) is 20.9. The molecule has 0 amide bonds. The zero-order chi connectivity index (χ0) is 21.8. The van der Waals surface area contributed by atoms with Crippen molar-refractivity contribution < 1.29 is 4.74 Å². The molecule has 0 radical (unpaired) electrons. The quantitative estimate of drug-likeness (QED) is 0.309. The van der Waals surface area contributed by atoms with E-state index in [9.17, 15) is 4.79 Å². The van der Waals surface area contributed by atoms with Gasteiger partial charge in [-0.05, 0) is 72.1 Å². The highest BCUT2D eigenvalue weighted by atomic mass is 79.9. The second-order valence-electron chi connectivity index (χ2n) is 7.13. The summed E-state index contributed by atoms with van der Waals surface area (Å²) in [6, 6.07) is 9.11. The third-order valence-corrected chi connectivity index (χ3v) is 5.69. The summed E-state index contributed by atoms with van der Waals surface area (Å²) >= 11 is 13.3. The number of halogens is 3. The number of hydrogen-bond acceptors (Lipinski definition) is 4. The van der Waals surface area contributed by atoms with Crippen LogP contribution in [-0.2, 0) is 6.42 Å². The Morgan fingerprint density at radius 3 is 2.70 bits per heavy atom. The summed E-state index contributed by atoms with van der Waals surface area (Å²) in [5.74, 6) is 1.22. The molecule has 0 bridgehead atoms. The Balaban J connectivity index is 2.06. The van der Waals surface area contributed by atoms with Crippen molar-refractivity contribution in [1.29, 1.82) is 0 Å². The Labute approximate surface area is 197 Å². The van der Waals surface area contributed by atoms with Crippen molar-refractivity contribution in [2.24, 2.45) is 5.10 Å². The van der Waals surface area contributed by atoms with Gasteiger partial charge in [0.05, 0.1) is 32.7 Å². The molecule has 0 atom stereocenters. The Bertz CT molecular complexity index is 1140. The smallest absolute Gasteiger partial charge is 0.282 e. The van der Waals surface area contributed by atoms with E-state index >= 15 is 0 Å². The van der Waals surface area contributed by atoms with Gasteiger partial charge >= 0.3 is 0 Å². The first-order valence-electron chi connectivity index (χ1n) is 9.71. The predicted molar refractivity (Wildman–Crippen MR) is 130 cm³/mol. The first kappa shape index (κ1) is 23.0. The van der Waals surface area contributed by atoms with Crippen molar-refractivity contribution in [3.63, 3.8) is 0 Å². The van der Waals surface area contributed by atoms with Gasteiger partial charge in [-0.1, -0.05) is 40.9 Å². The number of rotatable bonds is 7. The fraction of sp³-hybridized carbons (Fsp3) is 0.318. The molecule has 0 aliphatic carbocycles. The second kappa shape index (κ2) is 10.1. The molecule has 0 unspecified atom stereocenters. The molecule has 0 aliphatic heterocycles. The first-order chi connectivity index (χ1) is 14.3. The van der Waals surface area contributed by atoms with E-state index < -0.39 is 0 Å². The van der Waals surface area contributed by atoms with Crippen molar-refractivity contribution >= 4 is 60.6 Å². The van der Waals surface area contributed by atoms with Crippen LogP contribution in [0.5, 0.6) is 5.75 Å². The molecule has 0 aliphatic rings. The second-order valence-corrected chi connectivity index (χ2v) is 9.31. The van der Waals surface area contributed by atoms with Gasteiger partial charge in [-0.15, -0.1) is 0 Å². The van der Waals surface area contributed by atoms with Crippen LogP contribution >= 0.6 is 43.5 Å². The van der Waals surface area contributed by atoms with Gasteiger partial charge in [-0.3, -0.25) is 4.79 Å². The minimum Gasteiger partial charge on any atom is -0.488 e. The summed E-state index contributed by atoms with van der Waals surface area (Å²) in [6.07, 6.45) is 4.19. The summed E-state index contributed by atoms with van der Waals surface area (Å²) in [5.41, 5.74) is 1.21. The number of aromatic nitrogens is 2. The number of benzene rings is 2. The van der Waals surface area contributed by atoms with Gasteiger partial charge in [0, 0.05) is 10.9 Å². The van der Waals surface area contributed by atoms with E-state index in [0.29, 0.717) is 33.9 Å². The Morgan fingerprint density at radius 2 is 2.03 bits per heavy atom. The number of hydrogen-bond donors (Lipinski definition) is 0. The molecule has 0 saturated heterocycles. The molecule has 0 spiro atoms. The van der Waals surface area contributed by atoms with Gasteiger partial charge in [-0.2, -0.15) is 9.78 Å². The van der Waals surface area contributed by atoms with E-state index in [1.165, 1.54) is 4.68 Å². The molecule has 0 N–H and O–H groups in total. The topological polar surface area (TPSA) is 56.5 Å². The molecule has 5 nitrogen and oxygen atoms in total. The Kier molecular flexibility index (Phi) is 7.71. The SMILES string of the molecule is CCCCc1nc2ccc(Br)cc2c(=O)n1N=Cc1cc(Cl)c(OC(C)C)c(Br)c1. The summed E-state index contributed by atoms with van der Waals surface area (Å²) in [4.78, 5) is 17.8. The van der Waals surface area contributed by atoms with Crippen LogP contribution in [0.3, 0.4) is 0 Å². The van der Waals surface area contributed by atoms with Gasteiger partial charge < -0.3 is 4.74 Å². The molecule has 1 aromatic heterocycles. The molecular weight excluding hydrogens is 534 g/mol. The minimum absolute atomic E-state index is 0.000941. The van der Waals surface area contributed by atoms with Crippen LogP contribution in [0.4, 0.5) is 0 Å². The first-order valence-corrected chi connectivity index (χ1v) is 11.7. The molecule has 0 fully saturated rings. The summed E-state index contributed by atoms with van der Waals surface area (Å²) in [5, 5.41) is 5.45. The summed E-state index contributed by atoms with van der Waals surface area (Å²) in [7, 11) is 0. The average molecular weight is 556 g/mol. The van der Waals surface area contributed by atoms with Crippen LogP contribution in [0, 0.1) is 0 Å². The van der Waals surface area contributed by atoms with E-state index in [1.54, 1.807) is 18.3 Å². The molecule has 1 heterocycles. The maximum Gasteiger partial charge on any atom is 0.282 e. The molecule has 2 aromatic carbocycles. The van der Waals surface area contributed by atoms with E-state index in [1.807, 2.05) is 32.0 Å². The minimum atomic E-state index is -0.200. The van der Waals surface area contributed by atoms with Gasteiger partial charge in [0.2, 0.25) is 0 Å². The standard InChI is InChI=1S/C22H22Br2ClN3O2/c1-4-5-6-20-27-19-8-7-15(23)11-16(19)22(29)28(20)26-12-14-9-17(24)21(18(25)10-14)30-13(2)3/h7-13H,4-6H2,1-3H3. The van der Waals surface area contributed by atoms with Crippen LogP contribution in [0.2, 0.25) is 5.02 Å². The molecule has 3 rings (SSSR count). The highest BCUT2D eigenvalue weighted by Gasteiger charge is 2.13. The van der Waals surface area contributed by atoms with Crippen LogP contribution in [0.15, 0.2) is 49.2 Å². The molecule has 0 saturated carbocycles. The average Bonchev–Trinajstić information content (AvgIpc) is 2.69. The van der Waals surface area contributed by atoms with Crippen molar-refractivity contribution in [2.45, 2.75) is 46.1 Å². The van der Waals surface area contributed by atoms with Crippen LogP contribution in [-0.4, -0.2) is 22.0 Å². The fourth-order valence-electron chi connectivity index (χ4n) is 2.94. The monoisotopic (exact) mass is 553 g/mol. The number of aryl methyl sites for hydroxylation is 1. The lowest BCUT2D eigenvalue weighted by atomic mass is 10.2. The van der Waals surface area contributed by atoms with E-state index in [-0.39, 0.29) is 11.7 Å². The highest BCUT2D eigenvalue weighted by Crippen LogP contribution is 2.34. The van der Waals surface area contributed by atoms with E-state index in [0.717, 1.165) is 27.4 Å². The van der Waals surface area contributed by atoms with Crippen molar-refractivity contribution in [2.75, 3.05) is 0 Å².